The summed E-state index contributed by atoms with van der Waals surface area (Å²) in [4.78, 5) is 25.5. The Labute approximate surface area is 189 Å². The lowest BCUT2D eigenvalue weighted by atomic mass is 10.0. The van der Waals surface area contributed by atoms with Crippen molar-refractivity contribution in [1.82, 2.24) is 10.6 Å². The van der Waals surface area contributed by atoms with Crippen LogP contribution in [0.2, 0.25) is 0 Å². The Balaban J connectivity index is 1.71. The zero-order valence-electron chi connectivity index (χ0n) is 17.5. The van der Waals surface area contributed by atoms with E-state index in [0.29, 0.717) is 12.0 Å². The molecule has 0 saturated carbocycles. The molecule has 9 nitrogen and oxygen atoms in total. The van der Waals surface area contributed by atoms with Crippen molar-refractivity contribution in [1.29, 1.82) is 0 Å². The van der Waals surface area contributed by atoms with Crippen LogP contribution >= 0.6 is 0 Å². The molecular formula is C24H24N2O7. The van der Waals surface area contributed by atoms with Crippen molar-refractivity contribution in [2.75, 3.05) is 0 Å². The van der Waals surface area contributed by atoms with Crippen LogP contribution in [0.25, 0.3) is 0 Å². The van der Waals surface area contributed by atoms with E-state index in [1.165, 1.54) is 36.4 Å². The lowest BCUT2D eigenvalue weighted by Crippen LogP contribution is -2.46. The van der Waals surface area contributed by atoms with Crippen LogP contribution in [-0.2, 0) is 17.8 Å². The third kappa shape index (κ3) is 6.30. The number of phenols is 5. The molecule has 0 aromatic heterocycles. The minimum Gasteiger partial charge on any atom is -0.508 e. The number of phenolic OH excluding ortho intramolecular Hbond substituents is 5. The molecule has 0 saturated heterocycles. The molecule has 0 aliphatic rings. The first-order valence-electron chi connectivity index (χ1n) is 10.1. The zero-order chi connectivity index (χ0) is 24.0. The van der Waals surface area contributed by atoms with Crippen LogP contribution in [0, 0.1) is 0 Å². The van der Waals surface area contributed by atoms with Gasteiger partial charge in [-0.05, 0) is 66.4 Å². The van der Waals surface area contributed by atoms with Gasteiger partial charge in [-0.2, -0.15) is 0 Å². The number of hydrogen-bond acceptors (Lipinski definition) is 7. The average molecular weight is 452 g/mol. The second-order valence-corrected chi connectivity index (χ2v) is 7.48. The molecule has 0 bridgehead atoms. The van der Waals surface area contributed by atoms with Crippen molar-refractivity contribution in [2.45, 2.75) is 25.4 Å². The second kappa shape index (κ2) is 10.3. The SMILES string of the molecule is O=C(N[C@@H](CCc1ccc(O)cc1)C(=O)NCc1ccc(O)c(O)c1)c1ccc(O)c(O)c1. The first kappa shape index (κ1) is 23.3. The lowest BCUT2D eigenvalue weighted by molar-refractivity contribution is -0.123. The highest BCUT2D eigenvalue weighted by Gasteiger charge is 2.22. The van der Waals surface area contributed by atoms with Gasteiger partial charge in [0.05, 0.1) is 0 Å². The highest BCUT2D eigenvalue weighted by Crippen LogP contribution is 2.25. The summed E-state index contributed by atoms with van der Waals surface area (Å²) in [6.45, 7) is 0.0538. The average Bonchev–Trinajstić information content (AvgIpc) is 2.80. The number of aromatic hydroxyl groups is 5. The molecule has 0 spiro atoms. The maximum absolute atomic E-state index is 12.9. The van der Waals surface area contributed by atoms with Gasteiger partial charge >= 0.3 is 0 Å². The second-order valence-electron chi connectivity index (χ2n) is 7.48. The number of benzene rings is 3. The van der Waals surface area contributed by atoms with Crippen LogP contribution in [0.15, 0.2) is 60.7 Å². The van der Waals surface area contributed by atoms with Crippen LogP contribution in [-0.4, -0.2) is 43.4 Å². The van der Waals surface area contributed by atoms with E-state index in [4.69, 9.17) is 0 Å². The van der Waals surface area contributed by atoms with Crippen molar-refractivity contribution in [3.05, 3.63) is 77.4 Å². The Bertz CT molecular complexity index is 1150. The van der Waals surface area contributed by atoms with Gasteiger partial charge in [0.15, 0.2) is 23.0 Å². The van der Waals surface area contributed by atoms with Crippen molar-refractivity contribution in [3.8, 4) is 28.7 Å². The quantitative estimate of drug-likeness (QED) is 0.258. The van der Waals surface area contributed by atoms with E-state index in [-0.39, 0.29) is 41.5 Å². The summed E-state index contributed by atoms with van der Waals surface area (Å²) in [6.07, 6.45) is 0.673. The molecule has 2 amide bonds. The van der Waals surface area contributed by atoms with E-state index in [9.17, 15) is 35.1 Å². The molecule has 172 valence electrons. The molecule has 33 heavy (non-hydrogen) atoms. The molecule has 7 N–H and O–H groups in total. The highest BCUT2D eigenvalue weighted by molar-refractivity contribution is 5.98. The summed E-state index contributed by atoms with van der Waals surface area (Å²) in [5.74, 6) is -2.39. The van der Waals surface area contributed by atoms with Crippen LogP contribution < -0.4 is 10.6 Å². The van der Waals surface area contributed by atoms with E-state index in [1.807, 2.05) is 0 Å². The maximum atomic E-state index is 12.9. The minimum atomic E-state index is -0.937. The maximum Gasteiger partial charge on any atom is 0.252 e. The molecular weight excluding hydrogens is 428 g/mol. The first-order chi connectivity index (χ1) is 15.7. The van der Waals surface area contributed by atoms with Gasteiger partial charge in [0.1, 0.15) is 11.8 Å². The molecule has 0 aliphatic carbocycles. The largest absolute Gasteiger partial charge is 0.508 e. The predicted octanol–water partition coefficient (Wildman–Crippen LogP) is 2.26. The van der Waals surface area contributed by atoms with Gasteiger partial charge in [0, 0.05) is 12.1 Å². The molecule has 3 rings (SSSR count). The van der Waals surface area contributed by atoms with Crippen LogP contribution in [0.5, 0.6) is 28.7 Å². The third-order valence-electron chi connectivity index (χ3n) is 5.02. The molecule has 0 radical (unpaired) electrons. The molecule has 0 fully saturated rings. The number of nitrogens with one attached hydrogen (secondary N) is 2. The van der Waals surface area contributed by atoms with Gasteiger partial charge in [-0.1, -0.05) is 18.2 Å². The fraction of sp³-hybridized carbons (Fsp3) is 0.167. The normalized spacial score (nSPS) is 11.5. The predicted molar refractivity (Wildman–Crippen MR) is 119 cm³/mol. The monoisotopic (exact) mass is 452 g/mol. The number of aryl methyl sites for hydroxylation is 1. The van der Waals surface area contributed by atoms with Crippen LogP contribution in [0.3, 0.4) is 0 Å². The minimum absolute atomic E-state index is 0.0538. The Morgan fingerprint density at radius 1 is 0.727 bits per heavy atom. The number of amides is 2. The van der Waals surface area contributed by atoms with Gasteiger partial charge in [-0.15, -0.1) is 0 Å². The smallest absolute Gasteiger partial charge is 0.252 e. The number of rotatable bonds is 8. The topological polar surface area (TPSA) is 159 Å². The first-order valence-corrected chi connectivity index (χ1v) is 10.1. The Hall–Kier alpha value is -4.40. The molecule has 0 unspecified atom stereocenters. The van der Waals surface area contributed by atoms with Crippen LogP contribution in [0.1, 0.15) is 27.9 Å². The van der Waals surface area contributed by atoms with E-state index in [1.54, 1.807) is 18.2 Å². The van der Waals surface area contributed by atoms with Crippen molar-refractivity contribution >= 4 is 11.8 Å². The van der Waals surface area contributed by atoms with Crippen molar-refractivity contribution in [3.63, 3.8) is 0 Å². The van der Waals surface area contributed by atoms with Gasteiger partial charge in [0.25, 0.3) is 5.91 Å². The molecule has 9 heteroatoms. The van der Waals surface area contributed by atoms with Gasteiger partial charge < -0.3 is 36.2 Å². The number of carbonyl (C=O) groups is 2. The van der Waals surface area contributed by atoms with Crippen molar-refractivity contribution in [2.24, 2.45) is 0 Å². The Morgan fingerprint density at radius 3 is 1.97 bits per heavy atom. The van der Waals surface area contributed by atoms with Gasteiger partial charge in [0.2, 0.25) is 5.91 Å². The van der Waals surface area contributed by atoms with E-state index in [0.717, 1.165) is 11.6 Å². The van der Waals surface area contributed by atoms with E-state index in [2.05, 4.69) is 10.6 Å². The summed E-state index contributed by atoms with van der Waals surface area (Å²) in [6, 6.07) is 13.3. The van der Waals surface area contributed by atoms with Gasteiger partial charge in [-0.3, -0.25) is 9.59 Å². The summed E-state index contributed by atoms with van der Waals surface area (Å²) in [7, 11) is 0. The van der Waals surface area contributed by atoms with Crippen LogP contribution in [0.4, 0.5) is 0 Å². The lowest BCUT2D eigenvalue weighted by Gasteiger charge is -2.19. The van der Waals surface area contributed by atoms with Crippen molar-refractivity contribution < 1.29 is 35.1 Å². The fourth-order valence-corrected chi connectivity index (χ4v) is 3.14. The fourth-order valence-electron chi connectivity index (χ4n) is 3.14. The molecule has 0 heterocycles. The summed E-state index contributed by atoms with van der Waals surface area (Å²) < 4.78 is 0. The number of hydrogen-bond donors (Lipinski definition) is 7. The Morgan fingerprint density at radius 2 is 1.33 bits per heavy atom. The molecule has 3 aromatic carbocycles. The standard InChI is InChI=1S/C24H24N2O7/c27-17-6-1-14(2-7-17)3-8-18(26-23(32)16-5-10-20(29)22(31)12-16)24(33)25-13-15-4-9-19(28)21(30)11-15/h1-2,4-7,9-12,18,27-31H,3,8,13H2,(H,25,33)(H,26,32)/t18-/m0/s1. The zero-order valence-corrected chi connectivity index (χ0v) is 17.5. The molecule has 3 aromatic rings. The summed E-state index contributed by atoms with van der Waals surface area (Å²) in [5.41, 5.74) is 1.47. The van der Waals surface area contributed by atoms with E-state index >= 15 is 0 Å². The number of carbonyl (C=O) groups excluding carboxylic acids is 2. The summed E-state index contributed by atoms with van der Waals surface area (Å²) >= 11 is 0. The highest BCUT2D eigenvalue weighted by atomic mass is 16.3. The summed E-state index contributed by atoms with van der Waals surface area (Å²) in [5, 5.41) is 52.9. The third-order valence-corrected chi connectivity index (χ3v) is 5.02. The van der Waals surface area contributed by atoms with Gasteiger partial charge in [-0.25, -0.2) is 0 Å². The van der Waals surface area contributed by atoms with E-state index < -0.39 is 23.6 Å². The Kier molecular flexibility index (Phi) is 7.24. The molecule has 0 aliphatic heterocycles. The molecule has 1 atom stereocenters.